The molecule has 19 heavy (non-hydrogen) atoms. The van der Waals surface area contributed by atoms with E-state index in [1.54, 1.807) is 12.1 Å². The predicted octanol–water partition coefficient (Wildman–Crippen LogP) is 4.94. The first-order valence-electron chi connectivity index (χ1n) is 7.20. The zero-order valence-corrected chi connectivity index (χ0v) is 13.8. The van der Waals surface area contributed by atoms with Crippen molar-refractivity contribution < 1.29 is 4.39 Å². The molecule has 0 spiro atoms. The van der Waals surface area contributed by atoms with Gasteiger partial charge in [0.2, 0.25) is 0 Å². The zero-order valence-electron chi connectivity index (χ0n) is 12.2. The summed E-state index contributed by atoms with van der Waals surface area (Å²) in [6.45, 7) is 7.74. The van der Waals surface area contributed by atoms with Crippen LogP contribution in [0.3, 0.4) is 0 Å². The van der Waals surface area contributed by atoms with Gasteiger partial charge >= 0.3 is 0 Å². The van der Waals surface area contributed by atoms with E-state index in [1.165, 1.54) is 12.5 Å². The van der Waals surface area contributed by atoms with Crippen LogP contribution in [-0.4, -0.2) is 12.6 Å². The second-order valence-corrected chi connectivity index (χ2v) is 6.41. The minimum absolute atomic E-state index is 0.153. The molecule has 0 aliphatic heterocycles. The Morgan fingerprint density at radius 1 is 1.32 bits per heavy atom. The average Bonchev–Trinajstić information content (AvgIpc) is 2.36. The van der Waals surface area contributed by atoms with Crippen molar-refractivity contribution in [1.82, 2.24) is 5.32 Å². The van der Waals surface area contributed by atoms with Crippen LogP contribution in [0.1, 0.15) is 45.6 Å². The van der Waals surface area contributed by atoms with E-state index in [9.17, 15) is 4.39 Å². The molecule has 3 heteroatoms. The molecule has 0 aliphatic carbocycles. The van der Waals surface area contributed by atoms with Gasteiger partial charge in [-0.05, 0) is 61.9 Å². The molecule has 0 fully saturated rings. The Bertz CT molecular complexity index is 379. The highest BCUT2D eigenvalue weighted by Gasteiger charge is 2.11. The van der Waals surface area contributed by atoms with Crippen LogP contribution >= 0.6 is 15.9 Å². The molecule has 0 aliphatic rings. The molecule has 108 valence electrons. The van der Waals surface area contributed by atoms with Crippen molar-refractivity contribution in [3.05, 3.63) is 34.1 Å². The van der Waals surface area contributed by atoms with Crippen molar-refractivity contribution in [3.63, 3.8) is 0 Å². The fraction of sp³-hybridized carbons (Fsp3) is 0.625. The molecule has 0 amide bonds. The normalized spacial score (nSPS) is 12.9. The van der Waals surface area contributed by atoms with Crippen LogP contribution in [-0.2, 0) is 6.42 Å². The van der Waals surface area contributed by atoms with Crippen molar-refractivity contribution in [2.24, 2.45) is 5.92 Å². The van der Waals surface area contributed by atoms with E-state index in [1.807, 2.05) is 0 Å². The van der Waals surface area contributed by atoms with Gasteiger partial charge in [0.15, 0.2) is 0 Å². The Hall–Kier alpha value is -0.410. The molecule has 1 nitrogen and oxygen atoms in total. The van der Waals surface area contributed by atoms with Crippen LogP contribution in [0, 0.1) is 11.7 Å². The van der Waals surface area contributed by atoms with Crippen LogP contribution in [0.25, 0.3) is 0 Å². The van der Waals surface area contributed by atoms with Crippen LogP contribution in [0.15, 0.2) is 22.7 Å². The summed E-state index contributed by atoms with van der Waals surface area (Å²) in [5.41, 5.74) is 1.06. The van der Waals surface area contributed by atoms with Crippen molar-refractivity contribution in [2.45, 2.75) is 52.5 Å². The number of aryl methyl sites for hydroxylation is 1. The highest BCUT2D eigenvalue weighted by atomic mass is 79.9. The third-order valence-corrected chi connectivity index (χ3v) is 3.98. The molecule has 1 N–H and O–H groups in total. The number of rotatable bonds is 8. The number of nitrogens with one attached hydrogen (secondary N) is 1. The molecular formula is C16H25BrFN. The maximum atomic E-state index is 13.2. The molecule has 1 atom stereocenters. The SMILES string of the molecule is CCCNC(CCc1cc(F)ccc1Br)CC(C)C. The topological polar surface area (TPSA) is 12.0 Å². The fourth-order valence-corrected chi connectivity index (χ4v) is 2.73. The van der Waals surface area contributed by atoms with Gasteiger partial charge in [-0.15, -0.1) is 0 Å². The van der Waals surface area contributed by atoms with E-state index >= 15 is 0 Å². The lowest BCUT2D eigenvalue weighted by atomic mass is 9.97. The first kappa shape index (κ1) is 16.6. The first-order chi connectivity index (χ1) is 9.02. The Labute approximate surface area is 125 Å². The summed E-state index contributed by atoms with van der Waals surface area (Å²) in [6, 6.07) is 5.45. The highest BCUT2D eigenvalue weighted by Crippen LogP contribution is 2.21. The zero-order chi connectivity index (χ0) is 14.3. The molecular weight excluding hydrogens is 305 g/mol. The minimum Gasteiger partial charge on any atom is -0.314 e. The van der Waals surface area contributed by atoms with Crippen molar-refractivity contribution in [3.8, 4) is 0 Å². The summed E-state index contributed by atoms with van der Waals surface area (Å²) in [4.78, 5) is 0. The summed E-state index contributed by atoms with van der Waals surface area (Å²) >= 11 is 3.50. The monoisotopic (exact) mass is 329 g/mol. The largest absolute Gasteiger partial charge is 0.314 e. The second-order valence-electron chi connectivity index (χ2n) is 5.56. The predicted molar refractivity (Wildman–Crippen MR) is 84.0 cm³/mol. The standard InChI is InChI=1S/C16H25BrFN/c1-4-9-19-15(10-12(2)3)7-5-13-11-14(18)6-8-16(13)17/h6,8,11-12,15,19H,4-5,7,9-10H2,1-3H3. The molecule has 0 saturated carbocycles. The van der Waals surface area contributed by atoms with Gasteiger partial charge in [-0.25, -0.2) is 4.39 Å². The van der Waals surface area contributed by atoms with E-state index in [2.05, 4.69) is 42.0 Å². The number of benzene rings is 1. The van der Waals surface area contributed by atoms with Gasteiger partial charge in [0.25, 0.3) is 0 Å². The van der Waals surface area contributed by atoms with Crippen LogP contribution in [0.4, 0.5) is 4.39 Å². The summed E-state index contributed by atoms with van der Waals surface area (Å²) in [5, 5.41) is 3.60. The molecule has 0 heterocycles. The van der Waals surface area contributed by atoms with Gasteiger partial charge in [-0.3, -0.25) is 0 Å². The van der Waals surface area contributed by atoms with Crippen molar-refractivity contribution in [2.75, 3.05) is 6.54 Å². The molecule has 0 bridgehead atoms. The molecule has 0 saturated heterocycles. The lowest BCUT2D eigenvalue weighted by Gasteiger charge is -2.20. The molecule has 1 unspecified atom stereocenters. The average molecular weight is 330 g/mol. The van der Waals surface area contributed by atoms with Crippen LogP contribution in [0.2, 0.25) is 0 Å². The summed E-state index contributed by atoms with van der Waals surface area (Å²) in [5.74, 6) is 0.533. The Kier molecular flexibility index (Phi) is 7.62. The number of halogens is 2. The minimum atomic E-state index is -0.153. The van der Waals surface area contributed by atoms with Crippen LogP contribution in [0.5, 0.6) is 0 Å². The van der Waals surface area contributed by atoms with E-state index in [4.69, 9.17) is 0 Å². The summed E-state index contributed by atoms with van der Waals surface area (Å²) < 4.78 is 14.3. The third kappa shape index (κ3) is 6.53. The van der Waals surface area contributed by atoms with Gasteiger partial charge in [0.05, 0.1) is 0 Å². The van der Waals surface area contributed by atoms with Gasteiger partial charge in [0, 0.05) is 10.5 Å². The van der Waals surface area contributed by atoms with E-state index in [0.29, 0.717) is 12.0 Å². The molecule has 0 aromatic heterocycles. The molecule has 1 aromatic carbocycles. The smallest absolute Gasteiger partial charge is 0.123 e. The maximum Gasteiger partial charge on any atom is 0.123 e. The van der Waals surface area contributed by atoms with E-state index < -0.39 is 0 Å². The lowest BCUT2D eigenvalue weighted by molar-refractivity contribution is 0.398. The Balaban J connectivity index is 2.56. The van der Waals surface area contributed by atoms with E-state index in [0.717, 1.165) is 35.8 Å². The molecule has 0 radical (unpaired) electrons. The molecule has 1 rings (SSSR count). The van der Waals surface area contributed by atoms with Gasteiger partial charge in [0.1, 0.15) is 5.82 Å². The summed E-state index contributed by atoms with van der Waals surface area (Å²) in [7, 11) is 0. The maximum absolute atomic E-state index is 13.2. The Morgan fingerprint density at radius 3 is 2.68 bits per heavy atom. The van der Waals surface area contributed by atoms with Gasteiger partial charge in [-0.2, -0.15) is 0 Å². The third-order valence-electron chi connectivity index (χ3n) is 3.21. The quantitative estimate of drug-likeness (QED) is 0.712. The fourth-order valence-electron chi connectivity index (χ4n) is 2.29. The van der Waals surface area contributed by atoms with Gasteiger partial charge in [-0.1, -0.05) is 36.7 Å². The van der Waals surface area contributed by atoms with Crippen molar-refractivity contribution >= 4 is 15.9 Å². The number of hydrogen-bond donors (Lipinski definition) is 1. The first-order valence-corrected chi connectivity index (χ1v) is 7.99. The van der Waals surface area contributed by atoms with Crippen LogP contribution < -0.4 is 5.32 Å². The summed E-state index contributed by atoms with van der Waals surface area (Å²) in [6.07, 6.45) is 4.29. The number of hydrogen-bond acceptors (Lipinski definition) is 1. The van der Waals surface area contributed by atoms with Crippen molar-refractivity contribution in [1.29, 1.82) is 0 Å². The highest BCUT2D eigenvalue weighted by molar-refractivity contribution is 9.10. The Morgan fingerprint density at radius 2 is 2.05 bits per heavy atom. The van der Waals surface area contributed by atoms with Gasteiger partial charge < -0.3 is 5.32 Å². The van der Waals surface area contributed by atoms with E-state index in [-0.39, 0.29) is 5.82 Å². The lowest BCUT2D eigenvalue weighted by Crippen LogP contribution is -2.31. The molecule has 1 aromatic rings. The second kappa shape index (κ2) is 8.70.